The fraction of sp³-hybridized carbons (Fsp3) is 0.0714. The second-order valence-electron chi connectivity index (χ2n) is 3.98. The third-order valence-corrected chi connectivity index (χ3v) is 3.45. The summed E-state index contributed by atoms with van der Waals surface area (Å²) in [7, 11) is 0. The molecule has 0 aliphatic rings. The van der Waals surface area contributed by atoms with Crippen molar-refractivity contribution >= 4 is 34.6 Å². The number of nitrogens with zero attached hydrogens (tertiary/aromatic N) is 1. The predicted molar refractivity (Wildman–Crippen MR) is 75.6 cm³/mol. The molecule has 0 bridgehead atoms. The van der Waals surface area contributed by atoms with E-state index in [0.717, 1.165) is 5.56 Å². The van der Waals surface area contributed by atoms with Crippen LogP contribution in [0.1, 0.15) is 11.1 Å². The maximum absolute atomic E-state index is 13.5. The molecule has 2 rings (SSSR count). The van der Waals surface area contributed by atoms with Crippen LogP contribution in [-0.2, 0) is 0 Å². The van der Waals surface area contributed by atoms with E-state index in [0.29, 0.717) is 21.4 Å². The first kappa shape index (κ1) is 13.7. The van der Waals surface area contributed by atoms with E-state index in [1.807, 2.05) is 6.92 Å². The number of benzene rings is 2. The Morgan fingerprint density at radius 3 is 2.58 bits per heavy atom. The highest BCUT2D eigenvalue weighted by atomic mass is 35.5. The van der Waals surface area contributed by atoms with Crippen molar-refractivity contribution in [3.63, 3.8) is 0 Å². The highest BCUT2D eigenvalue weighted by Gasteiger charge is 2.10. The second kappa shape index (κ2) is 5.48. The van der Waals surface area contributed by atoms with Gasteiger partial charge in [-0.3, -0.25) is 0 Å². The van der Waals surface area contributed by atoms with E-state index < -0.39 is 5.82 Å². The minimum atomic E-state index is -0.590. The van der Waals surface area contributed by atoms with E-state index >= 15 is 0 Å². The Balaban J connectivity index is 2.40. The smallest absolute Gasteiger partial charge is 0.143 e. The van der Waals surface area contributed by atoms with Gasteiger partial charge in [0.05, 0.1) is 21.3 Å². The normalized spacial score (nSPS) is 10.1. The van der Waals surface area contributed by atoms with Crippen LogP contribution in [-0.4, -0.2) is 0 Å². The van der Waals surface area contributed by atoms with Crippen LogP contribution >= 0.6 is 23.2 Å². The molecular formula is C14H9Cl2FN2. The van der Waals surface area contributed by atoms with Gasteiger partial charge in [-0.15, -0.1) is 0 Å². The minimum absolute atomic E-state index is 0.00742. The first-order chi connectivity index (χ1) is 9.02. The molecule has 0 atom stereocenters. The van der Waals surface area contributed by atoms with E-state index in [1.54, 1.807) is 24.3 Å². The lowest BCUT2D eigenvalue weighted by Crippen LogP contribution is -1.95. The number of hydrogen-bond acceptors (Lipinski definition) is 2. The summed E-state index contributed by atoms with van der Waals surface area (Å²) in [5.41, 5.74) is 1.85. The molecule has 5 heteroatoms. The molecule has 2 nitrogen and oxygen atoms in total. The summed E-state index contributed by atoms with van der Waals surface area (Å²) >= 11 is 12.2. The Kier molecular flexibility index (Phi) is 3.94. The van der Waals surface area contributed by atoms with Crippen LogP contribution in [0.2, 0.25) is 10.0 Å². The first-order valence-corrected chi connectivity index (χ1v) is 6.20. The van der Waals surface area contributed by atoms with Crippen LogP contribution in [0.15, 0.2) is 30.3 Å². The number of nitrogens with one attached hydrogen (secondary N) is 1. The third-order valence-electron chi connectivity index (χ3n) is 2.64. The molecule has 0 unspecified atom stereocenters. The van der Waals surface area contributed by atoms with Crippen LogP contribution in [0.4, 0.5) is 15.8 Å². The molecule has 0 fully saturated rings. The molecular weight excluding hydrogens is 286 g/mol. The van der Waals surface area contributed by atoms with E-state index in [4.69, 9.17) is 28.5 Å². The molecule has 0 aliphatic carbocycles. The van der Waals surface area contributed by atoms with Crippen molar-refractivity contribution in [2.24, 2.45) is 0 Å². The van der Waals surface area contributed by atoms with Gasteiger partial charge in [0.2, 0.25) is 0 Å². The van der Waals surface area contributed by atoms with Gasteiger partial charge in [-0.05, 0) is 36.8 Å². The van der Waals surface area contributed by atoms with Gasteiger partial charge in [0.15, 0.2) is 0 Å². The lowest BCUT2D eigenvalue weighted by molar-refractivity contribution is 0.624. The topological polar surface area (TPSA) is 35.8 Å². The van der Waals surface area contributed by atoms with E-state index in [9.17, 15) is 4.39 Å². The number of aryl methyl sites for hydroxylation is 1. The van der Waals surface area contributed by atoms with Crippen molar-refractivity contribution in [3.05, 3.63) is 57.3 Å². The van der Waals surface area contributed by atoms with Gasteiger partial charge >= 0.3 is 0 Å². The summed E-state index contributed by atoms with van der Waals surface area (Å²) in [4.78, 5) is 0. The zero-order chi connectivity index (χ0) is 14.0. The standard InChI is InChI=1S/C14H9Cl2FN2/c1-8-2-5-11(15)14(13(8)16)19-10-4-3-9(7-18)12(17)6-10/h2-6,19H,1H3. The summed E-state index contributed by atoms with van der Waals surface area (Å²) in [5, 5.41) is 12.6. The van der Waals surface area contributed by atoms with E-state index in [-0.39, 0.29) is 5.56 Å². The molecule has 19 heavy (non-hydrogen) atoms. The van der Waals surface area contributed by atoms with Gasteiger partial charge in [-0.2, -0.15) is 5.26 Å². The largest absolute Gasteiger partial charge is 0.353 e. The number of rotatable bonds is 2. The molecule has 96 valence electrons. The van der Waals surface area contributed by atoms with Crippen LogP contribution in [0.25, 0.3) is 0 Å². The molecule has 0 spiro atoms. The van der Waals surface area contributed by atoms with Crippen molar-refractivity contribution in [2.75, 3.05) is 5.32 Å². The van der Waals surface area contributed by atoms with Gasteiger partial charge < -0.3 is 5.32 Å². The van der Waals surface area contributed by atoms with Crippen LogP contribution < -0.4 is 5.32 Å². The maximum atomic E-state index is 13.5. The molecule has 0 heterocycles. The summed E-state index contributed by atoms with van der Waals surface area (Å²) in [6.07, 6.45) is 0. The summed E-state index contributed by atoms with van der Waals surface area (Å²) < 4.78 is 13.5. The van der Waals surface area contributed by atoms with Crippen molar-refractivity contribution in [3.8, 4) is 6.07 Å². The van der Waals surface area contributed by atoms with Crippen molar-refractivity contribution in [1.29, 1.82) is 5.26 Å². The average molecular weight is 295 g/mol. The molecule has 0 radical (unpaired) electrons. The van der Waals surface area contributed by atoms with Gasteiger partial charge in [0.1, 0.15) is 11.9 Å². The molecule has 0 saturated heterocycles. The molecule has 0 saturated carbocycles. The fourth-order valence-electron chi connectivity index (χ4n) is 1.60. The van der Waals surface area contributed by atoms with Crippen molar-refractivity contribution in [1.82, 2.24) is 0 Å². The molecule has 0 amide bonds. The second-order valence-corrected chi connectivity index (χ2v) is 4.77. The number of hydrogen-bond donors (Lipinski definition) is 1. The van der Waals surface area contributed by atoms with Crippen LogP contribution in [0.3, 0.4) is 0 Å². The quantitative estimate of drug-likeness (QED) is 0.841. The summed E-state index contributed by atoms with van der Waals surface area (Å²) in [5.74, 6) is -0.590. The van der Waals surface area contributed by atoms with E-state index in [2.05, 4.69) is 5.32 Å². The van der Waals surface area contributed by atoms with Crippen LogP contribution in [0.5, 0.6) is 0 Å². The highest BCUT2D eigenvalue weighted by molar-refractivity contribution is 6.39. The number of anilines is 2. The van der Waals surface area contributed by atoms with Gasteiger partial charge in [-0.25, -0.2) is 4.39 Å². The first-order valence-electron chi connectivity index (χ1n) is 5.44. The number of halogens is 3. The summed E-state index contributed by atoms with van der Waals surface area (Å²) in [6.45, 7) is 1.85. The van der Waals surface area contributed by atoms with Gasteiger partial charge in [0, 0.05) is 5.69 Å². The van der Waals surface area contributed by atoms with E-state index in [1.165, 1.54) is 12.1 Å². The Morgan fingerprint density at radius 1 is 1.21 bits per heavy atom. The molecule has 1 N–H and O–H groups in total. The third kappa shape index (κ3) is 2.81. The average Bonchev–Trinajstić information content (AvgIpc) is 2.39. The van der Waals surface area contributed by atoms with Crippen LogP contribution in [0, 0.1) is 24.1 Å². The zero-order valence-electron chi connectivity index (χ0n) is 9.97. The summed E-state index contributed by atoms with van der Waals surface area (Å²) in [6, 6.07) is 9.50. The SMILES string of the molecule is Cc1ccc(Cl)c(Nc2ccc(C#N)c(F)c2)c1Cl. The maximum Gasteiger partial charge on any atom is 0.143 e. The molecule has 2 aromatic rings. The Morgan fingerprint density at radius 2 is 1.95 bits per heavy atom. The highest BCUT2D eigenvalue weighted by Crippen LogP contribution is 2.35. The number of nitriles is 1. The van der Waals surface area contributed by atoms with Gasteiger partial charge in [-0.1, -0.05) is 29.3 Å². The Hall–Kier alpha value is -1.76. The zero-order valence-corrected chi connectivity index (χ0v) is 11.5. The fourth-order valence-corrected chi connectivity index (χ4v) is 2.06. The Bertz CT molecular complexity index is 678. The molecule has 0 aromatic heterocycles. The van der Waals surface area contributed by atoms with Crippen molar-refractivity contribution < 1.29 is 4.39 Å². The lowest BCUT2D eigenvalue weighted by atomic mass is 10.2. The minimum Gasteiger partial charge on any atom is -0.353 e. The predicted octanol–water partition coefficient (Wildman–Crippen LogP) is 5.06. The monoisotopic (exact) mass is 294 g/mol. The van der Waals surface area contributed by atoms with Crippen molar-refractivity contribution in [2.45, 2.75) is 6.92 Å². The van der Waals surface area contributed by atoms with Gasteiger partial charge in [0.25, 0.3) is 0 Å². The molecule has 0 aliphatic heterocycles. The molecule has 2 aromatic carbocycles. The lowest BCUT2D eigenvalue weighted by Gasteiger charge is -2.12. The Labute approximate surface area is 120 Å².